The fraction of sp³-hybridized carbons (Fsp3) is 0.200. The zero-order chi connectivity index (χ0) is 15.3. The number of nitrogens with one attached hydrogen (secondary N) is 1. The summed E-state index contributed by atoms with van der Waals surface area (Å²) in [5.41, 5.74) is 1.58. The van der Waals surface area contributed by atoms with Crippen LogP contribution in [0.5, 0.6) is 0 Å². The summed E-state index contributed by atoms with van der Waals surface area (Å²) in [5, 5.41) is 8.61. The van der Waals surface area contributed by atoms with Crippen LogP contribution in [0.3, 0.4) is 0 Å². The van der Waals surface area contributed by atoms with Crippen LogP contribution in [0.1, 0.15) is 24.1 Å². The van der Waals surface area contributed by atoms with Crippen LogP contribution < -0.4 is 4.72 Å². The van der Waals surface area contributed by atoms with Gasteiger partial charge in [-0.1, -0.05) is 18.2 Å². The summed E-state index contributed by atoms with van der Waals surface area (Å²) in [6.45, 7) is 1.76. The Bertz CT molecular complexity index is 735. The topological polar surface area (TPSA) is 82.9 Å². The lowest BCUT2D eigenvalue weighted by molar-refractivity contribution is 0.566. The molecule has 0 bridgehead atoms. The lowest BCUT2D eigenvalue weighted by Gasteiger charge is -2.14. The van der Waals surface area contributed by atoms with Crippen molar-refractivity contribution in [3.05, 3.63) is 59.9 Å². The van der Waals surface area contributed by atoms with E-state index < -0.39 is 10.0 Å². The van der Waals surface area contributed by atoms with Crippen molar-refractivity contribution in [2.75, 3.05) is 0 Å². The molecule has 6 heteroatoms. The van der Waals surface area contributed by atoms with Crippen molar-refractivity contribution in [1.29, 1.82) is 5.26 Å². The molecule has 0 aliphatic rings. The summed E-state index contributed by atoms with van der Waals surface area (Å²) in [4.78, 5) is 4.16. The average molecular weight is 301 g/mol. The summed E-state index contributed by atoms with van der Waals surface area (Å²) in [6.07, 6.45) is 3.53. The Morgan fingerprint density at radius 2 is 2.00 bits per heavy atom. The van der Waals surface area contributed by atoms with Gasteiger partial charge in [-0.25, -0.2) is 13.1 Å². The van der Waals surface area contributed by atoms with E-state index in [1.165, 1.54) is 12.1 Å². The summed E-state index contributed by atoms with van der Waals surface area (Å²) < 4.78 is 27.2. The Balaban J connectivity index is 2.17. The standard InChI is InChI=1S/C15H15N3O2S/c1-12(14-3-2-10-17-11-14)18-21(19,20)15-6-4-13(5-7-15)8-9-16/h2-7,10-12,18H,8H2,1H3. The van der Waals surface area contributed by atoms with Gasteiger partial charge in [-0.3, -0.25) is 4.98 Å². The Morgan fingerprint density at radius 1 is 1.29 bits per heavy atom. The number of sulfonamides is 1. The van der Waals surface area contributed by atoms with E-state index in [9.17, 15) is 8.42 Å². The third-order valence-corrected chi connectivity index (χ3v) is 4.59. The van der Waals surface area contributed by atoms with Gasteiger partial charge in [0.15, 0.2) is 0 Å². The number of pyridine rings is 1. The highest BCUT2D eigenvalue weighted by Gasteiger charge is 2.18. The molecular formula is C15H15N3O2S. The van der Waals surface area contributed by atoms with Crippen LogP contribution in [0.25, 0.3) is 0 Å². The normalized spacial score (nSPS) is 12.6. The Morgan fingerprint density at radius 3 is 2.57 bits per heavy atom. The molecule has 0 amide bonds. The SMILES string of the molecule is CC(NS(=O)(=O)c1ccc(CC#N)cc1)c1cccnc1. The molecule has 1 atom stereocenters. The van der Waals surface area contributed by atoms with Gasteiger partial charge >= 0.3 is 0 Å². The van der Waals surface area contributed by atoms with E-state index in [1.54, 1.807) is 37.5 Å². The molecule has 0 saturated carbocycles. The van der Waals surface area contributed by atoms with Crippen LogP contribution in [0.4, 0.5) is 0 Å². The van der Waals surface area contributed by atoms with Crippen molar-refractivity contribution in [3.63, 3.8) is 0 Å². The van der Waals surface area contributed by atoms with Crippen molar-refractivity contribution < 1.29 is 8.42 Å². The third kappa shape index (κ3) is 3.88. The molecule has 5 nitrogen and oxygen atoms in total. The van der Waals surface area contributed by atoms with E-state index in [1.807, 2.05) is 12.1 Å². The lowest BCUT2D eigenvalue weighted by atomic mass is 10.2. The molecule has 0 aliphatic carbocycles. The average Bonchev–Trinajstić information content (AvgIpc) is 2.48. The summed E-state index contributed by atoms with van der Waals surface area (Å²) in [7, 11) is -3.60. The Kier molecular flexibility index (Phi) is 4.68. The Hall–Kier alpha value is -2.23. The minimum absolute atomic E-state index is 0.180. The highest BCUT2D eigenvalue weighted by atomic mass is 32.2. The Labute approximate surface area is 124 Å². The van der Waals surface area contributed by atoms with E-state index in [0.29, 0.717) is 0 Å². The van der Waals surface area contributed by atoms with Crippen LogP contribution in [0.15, 0.2) is 53.7 Å². The highest BCUT2D eigenvalue weighted by molar-refractivity contribution is 7.89. The summed E-state index contributed by atoms with van der Waals surface area (Å²) >= 11 is 0. The second-order valence-electron chi connectivity index (χ2n) is 4.61. The second-order valence-corrected chi connectivity index (χ2v) is 6.32. The molecule has 0 aliphatic heterocycles. The minimum Gasteiger partial charge on any atom is -0.264 e. The van der Waals surface area contributed by atoms with Crippen LogP contribution in [0, 0.1) is 11.3 Å². The number of hydrogen-bond donors (Lipinski definition) is 1. The fourth-order valence-electron chi connectivity index (χ4n) is 1.88. The molecule has 0 radical (unpaired) electrons. The number of benzene rings is 1. The molecular weight excluding hydrogens is 286 g/mol. The summed E-state index contributed by atoms with van der Waals surface area (Å²) in [6, 6.07) is 11.5. The van der Waals surface area contributed by atoms with E-state index in [-0.39, 0.29) is 17.4 Å². The first-order valence-electron chi connectivity index (χ1n) is 6.41. The van der Waals surface area contributed by atoms with Crippen LogP contribution >= 0.6 is 0 Å². The first kappa shape index (κ1) is 15.2. The van der Waals surface area contributed by atoms with Gasteiger partial charge in [0, 0.05) is 18.4 Å². The van der Waals surface area contributed by atoms with Crippen molar-refractivity contribution in [3.8, 4) is 6.07 Å². The maximum Gasteiger partial charge on any atom is 0.241 e. The molecule has 1 aromatic carbocycles. The third-order valence-electron chi connectivity index (χ3n) is 3.03. The molecule has 2 aromatic rings. The largest absolute Gasteiger partial charge is 0.264 e. The number of rotatable bonds is 5. The predicted molar refractivity (Wildman–Crippen MR) is 78.7 cm³/mol. The van der Waals surface area contributed by atoms with E-state index in [2.05, 4.69) is 9.71 Å². The number of hydrogen-bond acceptors (Lipinski definition) is 4. The molecule has 1 N–H and O–H groups in total. The summed E-state index contributed by atoms with van der Waals surface area (Å²) in [5.74, 6) is 0. The van der Waals surface area contributed by atoms with Gasteiger partial charge in [0.2, 0.25) is 10.0 Å². The molecule has 0 saturated heterocycles. The molecule has 1 heterocycles. The lowest BCUT2D eigenvalue weighted by Crippen LogP contribution is -2.26. The zero-order valence-corrected chi connectivity index (χ0v) is 12.3. The molecule has 0 spiro atoms. The van der Waals surface area contributed by atoms with Gasteiger partial charge in [0.05, 0.1) is 17.4 Å². The van der Waals surface area contributed by atoms with Gasteiger partial charge in [0.1, 0.15) is 0 Å². The monoisotopic (exact) mass is 301 g/mol. The van der Waals surface area contributed by atoms with Gasteiger partial charge in [-0.15, -0.1) is 0 Å². The van der Waals surface area contributed by atoms with Gasteiger partial charge < -0.3 is 0 Å². The highest BCUT2D eigenvalue weighted by Crippen LogP contribution is 2.16. The maximum atomic E-state index is 12.3. The van der Waals surface area contributed by atoms with Crippen molar-refractivity contribution >= 4 is 10.0 Å². The molecule has 0 fully saturated rings. The zero-order valence-electron chi connectivity index (χ0n) is 11.5. The quantitative estimate of drug-likeness (QED) is 0.917. The van der Waals surface area contributed by atoms with E-state index in [0.717, 1.165) is 11.1 Å². The van der Waals surface area contributed by atoms with E-state index in [4.69, 9.17) is 5.26 Å². The van der Waals surface area contributed by atoms with Crippen LogP contribution in [-0.4, -0.2) is 13.4 Å². The molecule has 21 heavy (non-hydrogen) atoms. The number of nitrogens with zero attached hydrogens (tertiary/aromatic N) is 2. The second kappa shape index (κ2) is 6.48. The number of aromatic nitrogens is 1. The van der Waals surface area contributed by atoms with Gasteiger partial charge in [-0.05, 0) is 36.2 Å². The molecule has 1 unspecified atom stereocenters. The molecule has 2 rings (SSSR count). The van der Waals surface area contributed by atoms with Crippen LogP contribution in [-0.2, 0) is 16.4 Å². The van der Waals surface area contributed by atoms with Gasteiger partial charge in [-0.2, -0.15) is 5.26 Å². The molecule has 108 valence electrons. The van der Waals surface area contributed by atoms with Crippen LogP contribution in [0.2, 0.25) is 0 Å². The first-order valence-corrected chi connectivity index (χ1v) is 7.89. The van der Waals surface area contributed by atoms with Gasteiger partial charge in [0.25, 0.3) is 0 Å². The van der Waals surface area contributed by atoms with Crippen molar-refractivity contribution in [2.45, 2.75) is 24.3 Å². The predicted octanol–water partition coefficient (Wildman–Crippen LogP) is 2.19. The van der Waals surface area contributed by atoms with E-state index >= 15 is 0 Å². The minimum atomic E-state index is -3.60. The maximum absolute atomic E-state index is 12.3. The number of nitriles is 1. The fourth-order valence-corrected chi connectivity index (χ4v) is 3.11. The molecule has 1 aromatic heterocycles. The van der Waals surface area contributed by atoms with Crippen molar-refractivity contribution in [1.82, 2.24) is 9.71 Å². The first-order chi connectivity index (χ1) is 10.0. The van der Waals surface area contributed by atoms with Crippen molar-refractivity contribution in [2.24, 2.45) is 0 Å². The smallest absolute Gasteiger partial charge is 0.241 e.